The van der Waals surface area contributed by atoms with Crippen LogP contribution < -0.4 is 14.5 Å². The van der Waals surface area contributed by atoms with E-state index in [9.17, 15) is 27.5 Å². The van der Waals surface area contributed by atoms with Gasteiger partial charge in [-0.2, -0.15) is 4.72 Å². The Hall–Kier alpha value is -3.80. The minimum Gasteiger partial charge on any atom is -0.480 e. The number of hydrogen-bond acceptors (Lipinski definition) is 6. The van der Waals surface area contributed by atoms with Crippen LogP contribution in [0.2, 0.25) is 0 Å². The maximum Gasteiger partial charge on any atom is 0.321 e. The second kappa shape index (κ2) is 11.7. The van der Waals surface area contributed by atoms with Crippen molar-refractivity contribution in [3.63, 3.8) is 0 Å². The fourth-order valence-electron chi connectivity index (χ4n) is 5.03. The molecule has 3 aromatic carbocycles. The fraction of sp³-hybridized carbons (Fsp3) is 0.310. The summed E-state index contributed by atoms with van der Waals surface area (Å²) < 4.78 is 47.1. The third-order valence-corrected chi connectivity index (χ3v) is 8.71. The molecule has 0 bridgehead atoms. The molecule has 11 heteroatoms. The molecule has 2 aliphatic rings. The molecule has 1 amide bonds. The highest BCUT2D eigenvalue weighted by atomic mass is 32.2. The molecular weight excluding hydrogens is 537 g/mol. The van der Waals surface area contributed by atoms with Gasteiger partial charge in [0.25, 0.3) is 0 Å². The van der Waals surface area contributed by atoms with Crippen molar-refractivity contribution >= 4 is 33.3 Å². The molecule has 1 atom stereocenters. The lowest BCUT2D eigenvalue weighted by atomic mass is 10.1. The maximum absolute atomic E-state index is 13.5. The summed E-state index contributed by atoms with van der Waals surface area (Å²) in [6, 6.07) is 16.9. The zero-order valence-corrected chi connectivity index (χ0v) is 22.6. The van der Waals surface area contributed by atoms with Crippen LogP contribution >= 0.6 is 0 Å². The van der Waals surface area contributed by atoms with Crippen LogP contribution in [0, 0.1) is 5.82 Å². The highest BCUT2D eigenvalue weighted by Gasteiger charge is 2.29. The van der Waals surface area contributed by atoms with Crippen LogP contribution in [-0.2, 0) is 30.8 Å². The number of rotatable bonds is 9. The van der Waals surface area contributed by atoms with Gasteiger partial charge in [0.1, 0.15) is 11.9 Å². The van der Waals surface area contributed by atoms with E-state index in [0.717, 1.165) is 29.9 Å². The summed E-state index contributed by atoms with van der Waals surface area (Å²) in [6.07, 6.45) is 0.0888. The molecule has 9 nitrogen and oxygen atoms in total. The van der Waals surface area contributed by atoms with Gasteiger partial charge in [-0.1, -0.05) is 24.3 Å². The van der Waals surface area contributed by atoms with Crippen molar-refractivity contribution in [2.45, 2.75) is 30.2 Å². The van der Waals surface area contributed by atoms with Crippen molar-refractivity contribution in [1.29, 1.82) is 0 Å². The van der Waals surface area contributed by atoms with E-state index in [-0.39, 0.29) is 29.5 Å². The highest BCUT2D eigenvalue weighted by molar-refractivity contribution is 7.89. The number of carbonyl (C=O) groups excluding carboxylic acids is 1. The van der Waals surface area contributed by atoms with E-state index in [1.807, 2.05) is 24.3 Å². The van der Waals surface area contributed by atoms with Crippen molar-refractivity contribution in [2.24, 2.45) is 0 Å². The number of halogens is 1. The zero-order chi connectivity index (χ0) is 28.3. The molecule has 210 valence electrons. The molecule has 3 aromatic rings. The van der Waals surface area contributed by atoms with Crippen molar-refractivity contribution in [3.05, 3.63) is 78.1 Å². The molecule has 0 radical (unpaired) electrons. The van der Waals surface area contributed by atoms with E-state index in [1.165, 1.54) is 35.2 Å². The number of morpholine rings is 1. The van der Waals surface area contributed by atoms with Gasteiger partial charge in [-0.3, -0.25) is 9.59 Å². The maximum atomic E-state index is 13.5. The van der Waals surface area contributed by atoms with E-state index >= 15 is 0 Å². The third kappa shape index (κ3) is 6.16. The minimum atomic E-state index is -4.16. The van der Waals surface area contributed by atoms with Crippen LogP contribution in [0.4, 0.5) is 15.8 Å². The number of anilines is 2. The lowest BCUT2D eigenvalue weighted by molar-refractivity contribution is -0.139. The average Bonchev–Trinajstić information content (AvgIpc) is 3.39. The van der Waals surface area contributed by atoms with Crippen LogP contribution in [-0.4, -0.2) is 64.3 Å². The first-order valence-electron chi connectivity index (χ1n) is 13.1. The van der Waals surface area contributed by atoms with Crippen LogP contribution in [0.15, 0.2) is 71.6 Å². The molecule has 2 aliphatic heterocycles. The Labute approximate surface area is 232 Å². The number of sulfonamides is 1. The molecule has 1 saturated heterocycles. The Bertz CT molecular complexity index is 1490. The van der Waals surface area contributed by atoms with Crippen LogP contribution in [0.25, 0.3) is 11.1 Å². The number of nitrogens with zero attached hydrogens (tertiary/aromatic N) is 2. The smallest absolute Gasteiger partial charge is 0.321 e. The molecule has 1 unspecified atom stereocenters. The largest absolute Gasteiger partial charge is 0.480 e. The van der Waals surface area contributed by atoms with E-state index in [2.05, 4.69) is 9.62 Å². The molecule has 0 saturated carbocycles. The first-order chi connectivity index (χ1) is 19.2. The summed E-state index contributed by atoms with van der Waals surface area (Å²) in [7, 11) is -4.16. The first-order valence-corrected chi connectivity index (χ1v) is 14.6. The topological polar surface area (TPSA) is 116 Å². The summed E-state index contributed by atoms with van der Waals surface area (Å²) in [5.74, 6) is -2.11. The number of carboxylic acid groups (broad SMARTS) is 1. The number of amides is 1. The summed E-state index contributed by atoms with van der Waals surface area (Å²) in [5.41, 5.74) is 4.13. The predicted octanol–water partition coefficient (Wildman–Crippen LogP) is 3.43. The van der Waals surface area contributed by atoms with Gasteiger partial charge in [0.15, 0.2) is 0 Å². The minimum absolute atomic E-state index is 0.0748. The van der Waals surface area contributed by atoms with E-state index < -0.39 is 22.0 Å². The first kappa shape index (κ1) is 27.8. The number of ether oxygens (including phenoxy) is 1. The van der Waals surface area contributed by atoms with Gasteiger partial charge in [-0.05, 0) is 72.0 Å². The van der Waals surface area contributed by atoms with Gasteiger partial charge in [-0.15, -0.1) is 0 Å². The highest BCUT2D eigenvalue weighted by Crippen LogP contribution is 2.29. The second-order valence-electron chi connectivity index (χ2n) is 9.79. The fourth-order valence-corrected chi connectivity index (χ4v) is 6.26. The summed E-state index contributed by atoms with van der Waals surface area (Å²) >= 11 is 0. The molecule has 0 spiro atoms. The average molecular weight is 568 g/mol. The van der Waals surface area contributed by atoms with Gasteiger partial charge < -0.3 is 19.6 Å². The van der Waals surface area contributed by atoms with Crippen LogP contribution in [0.3, 0.4) is 0 Å². The van der Waals surface area contributed by atoms with Crippen LogP contribution in [0.1, 0.15) is 18.4 Å². The predicted molar refractivity (Wildman–Crippen MR) is 148 cm³/mol. The number of nitrogens with one attached hydrogen (secondary N) is 1. The zero-order valence-electron chi connectivity index (χ0n) is 21.8. The number of benzene rings is 3. The van der Waals surface area contributed by atoms with Crippen molar-refractivity contribution < 1.29 is 32.2 Å². The molecule has 2 N–H and O–H groups in total. The summed E-state index contributed by atoms with van der Waals surface area (Å²) in [5, 5.41) is 9.66. The lowest BCUT2D eigenvalue weighted by Gasteiger charge is -2.28. The molecule has 0 aromatic heterocycles. The summed E-state index contributed by atoms with van der Waals surface area (Å²) in [4.78, 5) is 28.3. The Kier molecular flexibility index (Phi) is 8.15. The molecule has 40 heavy (non-hydrogen) atoms. The van der Waals surface area contributed by atoms with Crippen molar-refractivity contribution in [1.82, 2.24) is 4.72 Å². The SMILES string of the molecule is O=C(O)C(CCC(=O)N1CCc2cc(F)ccc21)NS(=O)(=O)c1ccc(-c2ccc(N3CCOCC3)cc2)cc1. The Balaban J connectivity index is 1.21. The van der Waals surface area contributed by atoms with Crippen molar-refractivity contribution in [3.8, 4) is 11.1 Å². The monoisotopic (exact) mass is 567 g/mol. The van der Waals surface area contributed by atoms with Gasteiger partial charge in [-0.25, -0.2) is 12.8 Å². The van der Waals surface area contributed by atoms with Gasteiger partial charge in [0, 0.05) is 37.4 Å². The lowest BCUT2D eigenvalue weighted by Crippen LogP contribution is -2.41. The molecule has 2 heterocycles. The standard InChI is InChI=1S/C29H30FN3O6S/c30-23-5-11-27-22(19-23)13-14-33(27)28(34)12-10-26(29(35)36)31-40(37,38)25-8-3-21(4-9-25)20-1-6-24(7-2-20)32-15-17-39-18-16-32/h1-9,11,19,26,31H,10,12-18H2,(H,35,36). The third-order valence-electron chi connectivity index (χ3n) is 7.22. The molecule has 1 fully saturated rings. The normalized spacial score (nSPS) is 16.0. The quantitative estimate of drug-likeness (QED) is 0.407. The molecule has 5 rings (SSSR count). The number of aliphatic carboxylic acids is 1. The molecular formula is C29H30FN3O6S. The van der Waals surface area contributed by atoms with Gasteiger partial charge in [0.05, 0.1) is 18.1 Å². The van der Waals surface area contributed by atoms with Gasteiger partial charge >= 0.3 is 5.97 Å². The van der Waals surface area contributed by atoms with Gasteiger partial charge in [0.2, 0.25) is 15.9 Å². The summed E-state index contributed by atoms with van der Waals surface area (Å²) in [6.45, 7) is 3.42. The molecule has 0 aliphatic carbocycles. The van der Waals surface area contributed by atoms with Crippen molar-refractivity contribution in [2.75, 3.05) is 42.6 Å². The second-order valence-corrected chi connectivity index (χ2v) is 11.5. The Morgan fingerprint density at radius 1 is 0.950 bits per heavy atom. The van der Waals surface area contributed by atoms with Crippen LogP contribution in [0.5, 0.6) is 0 Å². The Morgan fingerprint density at radius 3 is 2.25 bits per heavy atom. The number of carbonyl (C=O) groups is 2. The number of fused-ring (bicyclic) bond motifs is 1. The Morgan fingerprint density at radius 2 is 1.60 bits per heavy atom. The number of carboxylic acids is 1. The van der Waals surface area contributed by atoms with E-state index in [4.69, 9.17) is 4.74 Å². The number of hydrogen-bond donors (Lipinski definition) is 2. The van der Waals surface area contributed by atoms with E-state index in [0.29, 0.717) is 37.4 Å². The van der Waals surface area contributed by atoms with E-state index in [1.54, 1.807) is 12.1 Å².